The molecule has 10 heteroatoms. The first-order valence-electron chi connectivity index (χ1n) is 11.3. The maximum absolute atomic E-state index is 13.2. The smallest absolute Gasteiger partial charge is 0.263 e. The van der Waals surface area contributed by atoms with E-state index >= 15 is 0 Å². The average molecular weight is 481 g/mol. The lowest BCUT2D eigenvalue weighted by Gasteiger charge is -2.41. The lowest BCUT2D eigenvalue weighted by Crippen LogP contribution is -2.57. The molecule has 2 aromatic rings. The summed E-state index contributed by atoms with van der Waals surface area (Å²) in [7, 11) is 0. The number of carbonyl (C=O) groups excluding carboxylic acids is 4. The van der Waals surface area contributed by atoms with Crippen molar-refractivity contribution in [2.45, 2.75) is 59.4 Å². The minimum atomic E-state index is -1.58. The Morgan fingerprint density at radius 1 is 0.914 bits per heavy atom. The first-order chi connectivity index (χ1) is 16.4. The molecule has 4 amide bonds. The van der Waals surface area contributed by atoms with Crippen molar-refractivity contribution in [1.82, 2.24) is 9.97 Å². The van der Waals surface area contributed by atoms with Gasteiger partial charge in [-0.3, -0.25) is 29.1 Å². The fourth-order valence-corrected chi connectivity index (χ4v) is 4.48. The van der Waals surface area contributed by atoms with Gasteiger partial charge in [0, 0.05) is 30.9 Å². The number of aliphatic hydroxyl groups excluding tert-OH is 1. The zero-order valence-corrected chi connectivity index (χ0v) is 20.1. The third-order valence-corrected chi connectivity index (χ3v) is 6.22. The number of aliphatic hydroxyl groups is 1. The van der Waals surface area contributed by atoms with Crippen molar-refractivity contribution in [3.63, 3.8) is 0 Å². The molecule has 1 N–H and O–H groups in total. The Bertz CT molecular complexity index is 1140. The van der Waals surface area contributed by atoms with Crippen LogP contribution >= 0.6 is 0 Å². The lowest BCUT2D eigenvalue weighted by atomic mass is 9.78. The van der Waals surface area contributed by atoms with Gasteiger partial charge in [0.25, 0.3) is 5.91 Å². The van der Waals surface area contributed by atoms with Gasteiger partial charge in [0.15, 0.2) is 6.29 Å². The van der Waals surface area contributed by atoms with Gasteiger partial charge in [-0.15, -0.1) is 0 Å². The highest BCUT2D eigenvalue weighted by atomic mass is 16.6. The van der Waals surface area contributed by atoms with Crippen LogP contribution in [0.25, 0.3) is 0 Å². The van der Waals surface area contributed by atoms with Crippen LogP contribution in [-0.2, 0) is 23.9 Å². The van der Waals surface area contributed by atoms with Crippen LogP contribution in [0.15, 0.2) is 42.9 Å². The molecule has 2 aromatic heterocycles. The molecule has 0 aromatic carbocycles. The molecule has 10 nitrogen and oxygen atoms in total. The van der Waals surface area contributed by atoms with Crippen LogP contribution in [0.4, 0.5) is 11.4 Å². The number of rotatable bonds is 5. The Morgan fingerprint density at radius 3 is 2.11 bits per heavy atom. The molecule has 0 saturated carbocycles. The van der Waals surface area contributed by atoms with Crippen LogP contribution in [0.2, 0.25) is 0 Å². The number of anilines is 2. The largest absolute Gasteiger partial charge is 0.363 e. The van der Waals surface area contributed by atoms with E-state index in [2.05, 4.69) is 9.97 Å². The van der Waals surface area contributed by atoms with Gasteiger partial charge in [-0.1, -0.05) is 27.7 Å². The van der Waals surface area contributed by atoms with Crippen molar-refractivity contribution in [1.29, 1.82) is 0 Å². The Morgan fingerprint density at radius 2 is 1.54 bits per heavy atom. The Labute approximate surface area is 202 Å². The van der Waals surface area contributed by atoms with Gasteiger partial charge in [-0.05, 0) is 29.7 Å². The highest BCUT2D eigenvalue weighted by Crippen LogP contribution is 2.38. The van der Waals surface area contributed by atoms with Crippen molar-refractivity contribution in [2.24, 2.45) is 10.8 Å². The number of piperidine rings is 2. The standard InChI is InChI=1S/C25H28N4O6/c1-24(2)10-18(30)28(19(31)11-24)16-7-8-17(27-14-16)23(34)35-21-22(33)29(15-6-5-9-26-13-15)20(32)12-25(21,3)4/h5-9,13-14,21,23,34H,10-12H2,1-4H3. The number of pyridine rings is 2. The second-order valence-electron chi connectivity index (χ2n) is 10.4. The third-order valence-electron chi connectivity index (χ3n) is 6.22. The van der Waals surface area contributed by atoms with Crippen molar-refractivity contribution in [3.05, 3.63) is 48.5 Å². The summed E-state index contributed by atoms with van der Waals surface area (Å²) in [6, 6.07) is 6.15. The van der Waals surface area contributed by atoms with Gasteiger partial charge in [0.2, 0.25) is 17.7 Å². The van der Waals surface area contributed by atoms with E-state index in [1.807, 2.05) is 13.8 Å². The summed E-state index contributed by atoms with van der Waals surface area (Å²) >= 11 is 0. The number of hydrogen-bond acceptors (Lipinski definition) is 8. The minimum absolute atomic E-state index is 0.0208. The van der Waals surface area contributed by atoms with Crippen molar-refractivity contribution in [3.8, 4) is 0 Å². The van der Waals surface area contributed by atoms with E-state index in [0.29, 0.717) is 11.4 Å². The molecular formula is C25H28N4O6. The van der Waals surface area contributed by atoms with Gasteiger partial charge < -0.3 is 9.84 Å². The highest BCUT2D eigenvalue weighted by molar-refractivity contribution is 6.18. The molecule has 2 atom stereocenters. The zero-order valence-electron chi connectivity index (χ0n) is 20.1. The van der Waals surface area contributed by atoms with Crippen LogP contribution in [0.1, 0.15) is 58.9 Å². The van der Waals surface area contributed by atoms with Crippen LogP contribution in [0, 0.1) is 10.8 Å². The summed E-state index contributed by atoms with van der Waals surface area (Å²) in [4.78, 5) is 61.2. The maximum Gasteiger partial charge on any atom is 0.263 e. The number of aromatic nitrogens is 2. The van der Waals surface area contributed by atoms with Gasteiger partial charge in [0.05, 0.1) is 29.5 Å². The third kappa shape index (κ3) is 4.85. The van der Waals surface area contributed by atoms with Gasteiger partial charge in [0.1, 0.15) is 6.10 Å². The molecule has 184 valence electrons. The number of carbonyl (C=O) groups is 4. The van der Waals surface area contributed by atoms with E-state index in [1.54, 1.807) is 26.0 Å². The number of imide groups is 2. The van der Waals surface area contributed by atoms with Crippen LogP contribution in [0.5, 0.6) is 0 Å². The highest BCUT2D eigenvalue weighted by Gasteiger charge is 2.49. The molecule has 2 aliphatic rings. The average Bonchev–Trinajstić information content (AvgIpc) is 2.76. The van der Waals surface area contributed by atoms with Gasteiger partial charge in [-0.2, -0.15) is 0 Å². The number of ether oxygens (including phenoxy) is 1. The topological polar surface area (TPSA) is 130 Å². The predicted octanol–water partition coefficient (Wildman–Crippen LogP) is 2.52. The van der Waals surface area contributed by atoms with Gasteiger partial charge in [-0.25, -0.2) is 9.80 Å². The molecule has 2 aliphatic heterocycles. The molecule has 4 heterocycles. The van der Waals surface area contributed by atoms with E-state index in [9.17, 15) is 24.3 Å². The first-order valence-corrected chi connectivity index (χ1v) is 11.3. The summed E-state index contributed by atoms with van der Waals surface area (Å²) in [5.74, 6) is -1.62. The molecule has 35 heavy (non-hydrogen) atoms. The summed E-state index contributed by atoms with van der Waals surface area (Å²) in [5.41, 5.74) is -0.560. The fourth-order valence-electron chi connectivity index (χ4n) is 4.48. The maximum atomic E-state index is 13.2. The molecule has 2 fully saturated rings. The Balaban J connectivity index is 1.52. The monoisotopic (exact) mass is 480 g/mol. The number of hydrogen-bond donors (Lipinski definition) is 1. The van der Waals surface area contributed by atoms with Crippen molar-refractivity contribution >= 4 is 35.0 Å². The van der Waals surface area contributed by atoms with Crippen LogP contribution in [-0.4, -0.2) is 44.8 Å². The minimum Gasteiger partial charge on any atom is -0.363 e. The number of nitrogens with zero attached hydrogens (tertiary/aromatic N) is 4. The van der Waals surface area contributed by atoms with E-state index in [1.165, 1.54) is 30.7 Å². The Hall–Kier alpha value is -3.50. The molecule has 2 saturated heterocycles. The second-order valence-corrected chi connectivity index (χ2v) is 10.4. The summed E-state index contributed by atoms with van der Waals surface area (Å²) < 4.78 is 5.74. The molecule has 0 radical (unpaired) electrons. The second kappa shape index (κ2) is 8.94. The van der Waals surface area contributed by atoms with Crippen molar-refractivity contribution in [2.75, 3.05) is 9.80 Å². The Kier molecular flexibility index (Phi) is 6.29. The molecular weight excluding hydrogens is 452 g/mol. The van der Waals surface area contributed by atoms with Gasteiger partial charge >= 0.3 is 0 Å². The SMILES string of the molecule is CC1(C)CC(=O)N(c2ccc(C(O)OC3C(=O)N(c4cccnc4)C(=O)CC3(C)C)nc2)C(=O)C1. The molecule has 0 spiro atoms. The summed E-state index contributed by atoms with van der Waals surface area (Å²) in [5, 5.41) is 10.7. The van der Waals surface area contributed by atoms with E-state index < -0.39 is 29.1 Å². The molecule has 4 rings (SSSR count). The quantitative estimate of drug-likeness (QED) is 0.510. The molecule has 0 aliphatic carbocycles. The zero-order chi connectivity index (χ0) is 25.5. The molecule has 0 bridgehead atoms. The number of amides is 4. The normalized spacial score (nSPS) is 22.9. The van der Waals surface area contributed by atoms with Crippen LogP contribution < -0.4 is 9.80 Å². The van der Waals surface area contributed by atoms with Crippen molar-refractivity contribution < 1.29 is 29.0 Å². The van der Waals surface area contributed by atoms with E-state index in [-0.39, 0.29) is 42.7 Å². The van der Waals surface area contributed by atoms with Crippen LogP contribution in [0.3, 0.4) is 0 Å². The molecule has 2 unspecified atom stereocenters. The lowest BCUT2D eigenvalue weighted by molar-refractivity contribution is -0.187. The summed E-state index contributed by atoms with van der Waals surface area (Å²) in [6.07, 6.45) is 2.03. The van der Waals surface area contributed by atoms with E-state index in [4.69, 9.17) is 4.74 Å². The first kappa shape index (κ1) is 24.6. The fraction of sp³-hybridized carbons (Fsp3) is 0.440. The predicted molar refractivity (Wildman–Crippen MR) is 125 cm³/mol. The summed E-state index contributed by atoms with van der Waals surface area (Å²) in [6.45, 7) is 7.16. The van der Waals surface area contributed by atoms with E-state index in [0.717, 1.165) is 9.80 Å².